The molecule has 1 aromatic rings. The second-order valence-corrected chi connectivity index (χ2v) is 4.06. The van der Waals surface area contributed by atoms with E-state index in [0.29, 0.717) is 6.04 Å². The molecule has 3 nitrogen and oxygen atoms in total. The number of rotatable bonds is 3. The summed E-state index contributed by atoms with van der Waals surface area (Å²) in [5.74, 6) is 2.72. The summed E-state index contributed by atoms with van der Waals surface area (Å²) in [6, 6.07) is 2.51. The van der Waals surface area contributed by atoms with E-state index in [2.05, 4.69) is 15.3 Å². The predicted molar refractivity (Wildman–Crippen MR) is 50.3 cm³/mol. The fraction of sp³-hybridized carbons (Fsp3) is 0.600. The van der Waals surface area contributed by atoms with Crippen molar-refractivity contribution >= 4 is 5.95 Å². The van der Waals surface area contributed by atoms with Gasteiger partial charge < -0.3 is 5.32 Å². The zero-order chi connectivity index (χ0) is 8.67. The van der Waals surface area contributed by atoms with E-state index in [-0.39, 0.29) is 0 Å². The first-order valence-corrected chi connectivity index (χ1v) is 4.97. The molecule has 0 aromatic carbocycles. The summed E-state index contributed by atoms with van der Waals surface area (Å²) < 4.78 is 0. The van der Waals surface area contributed by atoms with Gasteiger partial charge in [0.15, 0.2) is 0 Å². The van der Waals surface area contributed by atoms with Crippen LogP contribution in [0.3, 0.4) is 0 Å². The predicted octanol–water partition coefficient (Wildman–Crippen LogP) is 1.69. The van der Waals surface area contributed by atoms with Crippen LogP contribution in [0.1, 0.15) is 19.3 Å². The van der Waals surface area contributed by atoms with Crippen molar-refractivity contribution in [1.29, 1.82) is 0 Å². The third-order valence-corrected chi connectivity index (χ3v) is 2.95. The quantitative estimate of drug-likeness (QED) is 0.759. The summed E-state index contributed by atoms with van der Waals surface area (Å²) in [4.78, 5) is 8.30. The standard InChI is InChI=1S/C10H13N3/c1-4-11-10(12-5-1)13-9-6-8(9)7-2-3-7/h1,4-5,7-9H,2-3,6H2,(H,11,12,13). The minimum atomic E-state index is 0.662. The summed E-state index contributed by atoms with van der Waals surface area (Å²) in [5.41, 5.74) is 0. The lowest BCUT2D eigenvalue weighted by atomic mass is 10.3. The van der Waals surface area contributed by atoms with Gasteiger partial charge in [0.2, 0.25) is 5.95 Å². The topological polar surface area (TPSA) is 37.8 Å². The highest BCUT2D eigenvalue weighted by Crippen LogP contribution is 2.50. The van der Waals surface area contributed by atoms with E-state index in [1.807, 2.05) is 6.07 Å². The Morgan fingerprint density at radius 3 is 2.69 bits per heavy atom. The highest BCUT2D eigenvalue weighted by atomic mass is 15.1. The molecule has 3 rings (SSSR count). The lowest BCUT2D eigenvalue weighted by Gasteiger charge is -2.01. The molecule has 0 bridgehead atoms. The van der Waals surface area contributed by atoms with Crippen molar-refractivity contribution in [3.05, 3.63) is 18.5 Å². The molecular formula is C10H13N3. The van der Waals surface area contributed by atoms with Gasteiger partial charge >= 0.3 is 0 Å². The van der Waals surface area contributed by atoms with E-state index in [1.165, 1.54) is 19.3 Å². The summed E-state index contributed by atoms with van der Waals surface area (Å²) in [7, 11) is 0. The van der Waals surface area contributed by atoms with E-state index < -0.39 is 0 Å². The van der Waals surface area contributed by atoms with Crippen molar-refractivity contribution in [3.8, 4) is 0 Å². The fourth-order valence-electron chi connectivity index (χ4n) is 1.97. The first kappa shape index (κ1) is 7.30. The molecule has 68 valence electrons. The first-order chi connectivity index (χ1) is 6.43. The van der Waals surface area contributed by atoms with Crippen LogP contribution >= 0.6 is 0 Å². The van der Waals surface area contributed by atoms with Gasteiger partial charge in [0.1, 0.15) is 0 Å². The van der Waals surface area contributed by atoms with Gasteiger partial charge in [0.05, 0.1) is 0 Å². The minimum absolute atomic E-state index is 0.662. The van der Waals surface area contributed by atoms with Crippen LogP contribution in [-0.2, 0) is 0 Å². The molecule has 1 N–H and O–H groups in total. The number of nitrogens with one attached hydrogen (secondary N) is 1. The molecule has 1 aromatic heterocycles. The van der Waals surface area contributed by atoms with E-state index in [0.717, 1.165) is 17.8 Å². The Balaban J connectivity index is 1.59. The van der Waals surface area contributed by atoms with Gasteiger partial charge in [0.25, 0.3) is 0 Å². The van der Waals surface area contributed by atoms with Crippen LogP contribution in [0.2, 0.25) is 0 Å². The molecule has 2 unspecified atom stereocenters. The van der Waals surface area contributed by atoms with Crippen molar-refractivity contribution in [1.82, 2.24) is 9.97 Å². The minimum Gasteiger partial charge on any atom is -0.351 e. The molecule has 13 heavy (non-hydrogen) atoms. The molecule has 0 saturated heterocycles. The Morgan fingerprint density at radius 2 is 2.00 bits per heavy atom. The smallest absolute Gasteiger partial charge is 0.222 e. The fourth-order valence-corrected chi connectivity index (χ4v) is 1.97. The number of nitrogens with zero attached hydrogens (tertiary/aromatic N) is 2. The van der Waals surface area contributed by atoms with Gasteiger partial charge in [-0.05, 0) is 37.2 Å². The Kier molecular flexibility index (Phi) is 1.51. The van der Waals surface area contributed by atoms with Crippen molar-refractivity contribution in [2.45, 2.75) is 25.3 Å². The molecule has 2 aliphatic rings. The number of aromatic nitrogens is 2. The van der Waals surface area contributed by atoms with Gasteiger partial charge in [-0.2, -0.15) is 0 Å². The zero-order valence-electron chi connectivity index (χ0n) is 7.48. The summed E-state index contributed by atoms with van der Waals surface area (Å²) >= 11 is 0. The van der Waals surface area contributed by atoms with Gasteiger partial charge in [-0.15, -0.1) is 0 Å². The molecule has 2 atom stereocenters. The summed E-state index contributed by atoms with van der Waals surface area (Å²) in [6.07, 6.45) is 7.77. The highest BCUT2D eigenvalue weighted by molar-refractivity contribution is 5.28. The Hall–Kier alpha value is -1.12. The maximum absolute atomic E-state index is 4.15. The Bertz CT molecular complexity index is 294. The monoisotopic (exact) mass is 175 g/mol. The molecular weight excluding hydrogens is 162 g/mol. The van der Waals surface area contributed by atoms with Crippen molar-refractivity contribution < 1.29 is 0 Å². The van der Waals surface area contributed by atoms with Crippen LogP contribution in [0, 0.1) is 11.8 Å². The van der Waals surface area contributed by atoms with E-state index in [4.69, 9.17) is 0 Å². The van der Waals surface area contributed by atoms with Crippen molar-refractivity contribution in [3.63, 3.8) is 0 Å². The second-order valence-electron chi connectivity index (χ2n) is 4.06. The molecule has 1 heterocycles. The van der Waals surface area contributed by atoms with Crippen LogP contribution in [0.25, 0.3) is 0 Å². The van der Waals surface area contributed by atoms with Gasteiger partial charge in [-0.3, -0.25) is 0 Å². The molecule has 0 spiro atoms. The van der Waals surface area contributed by atoms with E-state index in [1.54, 1.807) is 12.4 Å². The van der Waals surface area contributed by atoms with Crippen LogP contribution < -0.4 is 5.32 Å². The van der Waals surface area contributed by atoms with Crippen LogP contribution in [0.4, 0.5) is 5.95 Å². The van der Waals surface area contributed by atoms with Crippen LogP contribution in [0.15, 0.2) is 18.5 Å². The average molecular weight is 175 g/mol. The van der Waals surface area contributed by atoms with Gasteiger partial charge in [-0.1, -0.05) is 0 Å². The number of hydrogen-bond donors (Lipinski definition) is 1. The van der Waals surface area contributed by atoms with Crippen molar-refractivity contribution in [2.75, 3.05) is 5.32 Å². The lowest BCUT2D eigenvalue weighted by molar-refractivity contribution is 0.695. The third kappa shape index (κ3) is 1.50. The highest BCUT2D eigenvalue weighted by Gasteiger charge is 2.47. The van der Waals surface area contributed by atoms with E-state index >= 15 is 0 Å². The van der Waals surface area contributed by atoms with Crippen LogP contribution in [-0.4, -0.2) is 16.0 Å². The normalized spacial score (nSPS) is 31.4. The third-order valence-electron chi connectivity index (χ3n) is 2.95. The summed E-state index contributed by atoms with van der Waals surface area (Å²) in [5, 5.41) is 3.37. The van der Waals surface area contributed by atoms with E-state index in [9.17, 15) is 0 Å². The maximum atomic E-state index is 4.15. The lowest BCUT2D eigenvalue weighted by Crippen LogP contribution is -2.07. The van der Waals surface area contributed by atoms with Crippen molar-refractivity contribution in [2.24, 2.45) is 11.8 Å². The van der Waals surface area contributed by atoms with Gasteiger partial charge in [-0.25, -0.2) is 9.97 Å². The SMILES string of the molecule is c1cnc(NC2CC2C2CC2)nc1. The largest absolute Gasteiger partial charge is 0.351 e. The maximum Gasteiger partial charge on any atom is 0.222 e. The zero-order valence-corrected chi connectivity index (χ0v) is 7.48. The van der Waals surface area contributed by atoms with Gasteiger partial charge in [0, 0.05) is 18.4 Å². The molecule has 0 radical (unpaired) electrons. The number of hydrogen-bond acceptors (Lipinski definition) is 3. The molecule has 2 aliphatic carbocycles. The summed E-state index contributed by atoms with van der Waals surface area (Å²) in [6.45, 7) is 0. The molecule has 0 aliphatic heterocycles. The van der Waals surface area contributed by atoms with Crippen LogP contribution in [0.5, 0.6) is 0 Å². The number of anilines is 1. The molecule has 2 fully saturated rings. The second kappa shape index (κ2) is 2.69. The molecule has 2 saturated carbocycles. The molecule has 3 heteroatoms. The Labute approximate surface area is 77.6 Å². The molecule has 0 amide bonds. The first-order valence-electron chi connectivity index (χ1n) is 4.97. The average Bonchev–Trinajstić information content (AvgIpc) is 2.99. The Morgan fingerprint density at radius 1 is 1.23 bits per heavy atom.